The van der Waals surface area contributed by atoms with Crippen molar-refractivity contribution in [2.45, 2.75) is 39.3 Å². The van der Waals surface area contributed by atoms with Crippen LogP contribution in [0.3, 0.4) is 0 Å². The number of aromatic nitrogens is 4. The van der Waals surface area contributed by atoms with E-state index in [-0.39, 0.29) is 19.0 Å². The molecule has 0 aliphatic rings. The molecule has 0 saturated heterocycles. The molecule has 0 aromatic carbocycles. The lowest BCUT2D eigenvalue weighted by atomic mass is 10.3. The van der Waals surface area contributed by atoms with Gasteiger partial charge in [-0.1, -0.05) is 19.6 Å². The maximum absolute atomic E-state index is 13.0. The van der Waals surface area contributed by atoms with E-state index < -0.39 is 25.3 Å². The monoisotopic (exact) mass is 464 g/mol. The molecule has 31 heavy (non-hydrogen) atoms. The molecule has 0 fully saturated rings. The van der Waals surface area contributed by atoms with Gasteiger partial charge in [0.2, 0.25) is 0 Å². The van der Waals surface area contributed by atoms with Gasteiger partial charge < -0.3 is 14.0 Å². The van der Waals surface area contributed by atoms with Crippen molar-refractivity contribution in [1.29, 1.82) is 0 Å². The molecule has 9 nitrogen and oxygen atoms in total. The molecule has 0 N–H and O–H groups in total. The summed E-state index contributed by atoms with van der Waals surface area (Å²) >= 11 is 1.24. The highest BCUT2D eigenvalue weighted by molar-refractivity contribution is 7.13. The number of hydrogen-bond donors (Lipinski definition) is 0. The number of carbonyl (C=O) groups is 1. The van der Waals surface area contributed by atoms with Gasteiger partial charge in [0, 0.05) is 40.4 Å². The molecule has 168 valence electrons. The fraction of sp³-hybridized carbons (Fsp3) is 0.500. The third-order valence-electron chi connectivity index (χ3n) is 4.93. The number of fused-ring (bicyclic) bond motifs is 1. The van der Waals surface area contributed by atoms with Gasteiger partial charge in [-0.15, -0.1) is 11.3 Å². The predicted molar refractivity (Wildman–Crippen MR) is 124 cm³/mol. The second-order valence-corrected chi connectivity index (χ2v) is 15.0. The van der Waals surface area contributed by atoms with Crippen molar-refractivity contribution in [2.24, 2.45) is 14.1 Å². The Balaban J connectivity index is 2.11. The van der Waals surface area contributed by atoms with Crippen LogP contribution in [-0.4, -0.2) is 45.9 Å². The molecule has 0 radical (unpaired) electrons. The van der Waals surface area contributed by atoms with E-state index in [4.69, 9.17) is 9.47 Å². The topological polar surface area (TPSA) is 97.4 Å². The minimum Gasteiger partial charge on any atom is -0.461 e. The molecule has 0 saturated carbocycles. The largest absolute Gasteiger partial charge is 0.461 e. The molecule has 3 rings (SSSR count). The average Bonchev–Trinajstić information content (AvgIpc) is 3.32. The maximum Gasteiger partial charge on any atom is 0.357 e. The summed E-state index contributed by atoms with van der Waals surface area (Å²) in [6, 6.07) is 1.01. The number of aryl methyl sites for hydroxylation is 1. The quantitative estimate of drug-likeness (QED) is 0.289. The molecule has 3 aromatic rings. The first-order chi connectivity index (χ1) is 14.5. The van der Waals surface area contributed by atoms with E-state index in [1.54, 1.807) is 30.1 Å². The minimum absolute atomic E-state index is 0.184. The number of rotatable bonds is 8. The number of thiazole rings is 1. The van der Waals surface area contributed by atoms with E-state index >= 15 is 0 Å². The average molecular weight is 465 g/mol. The van der Waals surface area contributed by atoms with E-state index in [1.807, 2.05) is 0 Å². The fourth-order valence-electron chi connectivity index (χ4n) is 3.14. The van der Waals surface area contributed by atoms with Crippen LogP contribution < -0.4 is 11.2 Å². The highest BCUT2D eigenvalue weighted by Crippen LogP contribution is 2.31. The van der Waals surface area contributed by atoms with Crippen LogP contribution in [0.15, 0.2) is 21.2 Å². The maximum atomic E-state index is 13.0. The Labute approximate surface area is 184 Å². The second kappa shape index (κ2) is 8.93. The van der Waals surface area contributed by atoms with Crippen molar-refractivity contribution in [3.05, 3.63) is 38.1 Å². The highest BCUT2D eigenvalue weighted by atomic mass is 32.1. The number of ether oxygens (including phenoxy) is 2. The normalized spacial score (nSPS) is 11.9. The summed E-state index contributed by atoms with van der Waals surface area (Å²) < 4.78 is 15.2. The molecule has 0 aliphatic heterocycles. The van der Waals surface area contributed by atoms with Crippen LogP contribution in [0.4, 0.5) is 0 Å². The standard InChI is InChI=1S/C20H28N4O5SSi/c1-7-29-19(26)13-11-30-17(21-13)16-15-14(22(2)20(27)23(3)18(15)25)10-24(16)12-28-8-9-31(4,5)6/h10-11H,7-9,12H2,1-6H3. The first-order valence-corrected chi connectivity index (χ1v) is 14.6. The lowest BCUT2D eigenvalue weighted by Gasteiger charge is -2.16. The SMILES string of the molecule is CCOC(=O)c1csc(-c2c3c(=O)n(C)c(=O)n(C)c3cn2COCC[Si](C)(C)C)n1. The number of carbonyl (C=O) groups excluding carboxylic acids is 1. The smallest absolute Gasteiger partial charge is 0.357 e. The van der Waals surface area contributed by atoms with Crippen LogP contribution in [-0.2, 0) is 30.3 Å². The zero-order valence-corrected chi connectivity index (χ0v) is 20.5. The van der Waals surface area contributed by atoms with Crippen LogP contribution in [0.25, 0.3) is 21.6 Å². The number of nitrogens with zero attached hydrogens (tertiary/aromatic N) is 4. The van der Waals surface area contributed by atoms with Gasteiger partial charge in [0.25, 0.3) is 5.56 Å². The Hall–Kier alpha value is -2.50. The summed E-state index contributed by atoms with van der Waals surface area (Å²) in [6.45, 7) is 9.62. The summed E-state index contributed by atoms with van der Waals surface area (Å²) in [5.74, 6) is -0.515. The van der Waals surface area contributed by atoms with Crippen LogP contribution >= 0.6 is 11.3 Å². The van der Waals surface area contributed by atoms with Crippen molar-refractivity contribution in [2.75, 3.05) is 13.2 Å². The third-order valence-corrected chi connectivity index (χ3v) is 7.48. The summed E-state index contributed by atoms with van der Waals surface area (Å²) in [7, 11) is 1.82. The third kappa shape index (κ3) is 4.73. The van der Waals surface area contributed by atoms with Gasteiger partial charge in [-0.25, -0.2) is 14.6 Å². The molecule has 0 atom stereocenters. The Morgan fingerprint density at radius 1 is 1.19 bits per heavy atom. The van der Waals surface area contributed by atoms with Crippen molar-refractivity contribution < 1.29 is 14.3 Å². The summed E-state index contributed by atoms with van der Waals surface area (Å²) in [5.41, 5.74) is 0.377. The summed E-state index contributed by atoms with van der Waals surface area (Å²) in [4.78, 5) is 41.9. The van der Waals surface area contributed by atoms with Crippen LogP contribution in [0, 0.1) is 0 Å². The predicted octanol–water partition coefficient (Wildman–Crippen LogP) is 2.65. The number of hydrogen-bond acceptors (Lipinski definition) is 7. The van der Waals surface area contributed by atoms with E-state index in [2.05, 4.69) is 24.6 Å². The summed E-state index contributed by atoms with van der Waals surface area (Å²) in [6.07, 6.45) is 1.73. The lowest BCUT2D eigenvalue weighted by Crippen LogP contribution is -2.36. The summed E-state index contributed by atoms with van der Waals surface area (Å²) in [5, 5.41) is 2.46. The molecule has 0 aliphatic carbocycles. The van der Waals surface area contributed by atoms with Crippen molar-refractivity contribution >= 4 is 36.3 Å². The van der Waals surface area contributed by atoms with Gasteiger partial charge in [-0.2, -0.15) is 0 Å². The number of esters is 1. The molecular weight excluding hydrogens is 436 g/mol. The molecule has 3 heterocycles. The van der Waals surface area contributed by atoms with E-state index in [1.165, 1.54) is 23.0 Å². The van der Waals surface area contributed by atoms with Gasteiger partial charge in [0.15, 0.2) is 5.69 Å². The Morgan fingerprint density at radius 3 is 2.55 bits per heavy atom. The lowest BCUT2D eigenvalue weighted by molar-refractivity contribution is 0.0520. The molecule has 0 amide bonds. The Morgan fingerprint density at radius 2 is 1.90 bits per heavy atom. The molecule has 0 spiro atoms. The van der Waals surface area contributed by atoms with Crippen LogP contribution in [0.5, 0.6) is 0 Å². The van der Waals surface area contributed by atoms with Gasteiger partial charge in [0.05, 0.1) is 23.2 Å². The van der Waals surface area contributed by atoms with Crippen LogP contribution in [0.2, 0.25) is 25.7 Å². The van der Waals surface area contributed by atoms with Crippen LogP contribution in [0.1, 0.15) is 17.4 Å². The van der Waals surface area contributed by atoms with E-state index in [9.17, 15) is 14.4 Å². The minimum atomic E-state index is -1.25. The molecule has 0 bridgehead atoms. The van der Waals surface area contributed by atoms with E-state index in [0.717, 1.165) is 10.6 Å². The molecule has 0 unspecified atom stereocenters. The van der Waals surface area contributed by atoms with Crippen molar-refractivity contribution in [1.82, 2.24) is 18.7 Å². The second-order valence-electron chi connectivity index (χ2n) is 8.52. The molecule has 3 aromatic heterocycles. The zero-order chi connectivity index (χ0) is 22.9. The van der Waals surface area contributed by atoms with E-state index in [0.29, 0.717) is 28.2 Å². The molecular formula is C20H28N4O5SSi. The Kier molecular flexibility index (Phi) is 6.67. The van der Waals surface area contributed by atoms with Gasteiger partial charge in [0.1, 0.15) is 11.7 Å². The highest BCUT2D eigenvalue weighted by Gasteiger charge is 2.23. The van der Waals surface area contributed by atoms with Crippen molar-refractivity contribution in [3.63, 3.8) is 0 Å². The Bertz CT molecular complexity index is 1230. The van der Waals surface area contributed by atoms with Gasteiger partial charge >= 0.3 is 11.7 Å². The molecule has 11 heteroatoms. The first kappa shape index (κ1) is 23.2. The first-order valence-electron chi connectivity index (χ1n) is 10.0. The van der Waals surface area contributed by atoms with Gasteiger partial charge in [-0.3, -0.25) is 13.9 Å². The fourth-order valence-corrected chi connectivity index (χ4v) is 4.75. The zero-order valence-electron chi connectivity index (χ0n) is 18.7. The van der Waals surface area contributed by atoms with Crippen molar-refractivity contribution in [3.8, 4) is 10.7 Å². The van der Waals surface area contributed by atoms with Gasteiger partial charge in [-0.05, 0) is 13.0 Å².